The predicted molar refractivity (Wildman–Crippen MR) is 102 cm³/mol. The molecule has 0 aliphatic rings. The lowest BCUT2D eigenvalue weighted by molar-refractivity contribution is -0.122. The maximum atomic E-state index is 12.3. The van der Waals surface area contributed by atoms with Crippen LogP contribution in [-0.4, -0.2) is 22.6 Å². The van der Waals surface area contributed by atoms with Crippen molar-refractivity contribution < 1.29 is 14.3 Å². The zero-order valence-corrected chi connectivity index (χ0v) is 15.5. The molecule has 0 aliphatic heterocycles. The van der Waals surface area contributed by atoms with Gasteiger partial charge in [0, 0.05) is 29.9 Å². The second-order valence-corrected chi connectivity index (χ2v) is 7.11. The largest absolute Gasteiger partial charge is 0.441 e. The average Bonchev–Trinajstić information content (AvgIpc) is 3.32. The number of nitrogens with zero attached hydrogens (tertiary/aromatic N) is 1. The molecule has 136 valence electrons. The molecule has 0 fully saturated rings. The minimum absolute atomic E-state index is 0.0303. The summed E-state index contributed by atoms with van der Waals surface area (Å²) in [6, 6.07) is 11.8. The quantitative estimate of drug-likeness (QED) is 0.631. The first kappa shape index (κ1) is 18.4. The van der Waals surface area contributed by atoms with Crippen LogP contribution in [0.1, 0.15) is 35.2 Å². The van der Waals surface area contributed by atoms with Crippen LogP contribution >= 0.6 is 11.3 Å². The molecule has 0 bridgehead atoms. The number of carbonyl (C=O) groups excluding carboxylic acids is 1. The number of oxazole rings is 1. The van der Waals surface area contributed by atoms with Gasteiger partial charge in [-0.25, -0.2) is 4.98 Å². The Bertz CT molecular complexity index is 825. The lowest BCUT2D eigenvalue weighted by Crippen LogP contribution is -2.28. The monoisotopic (exact) mass is 370 g/mol. The zero-order chi connectivity index (χ0) is 18.4. The van der Waals surface area contributed by atoms with Gasteiger partial charge < -0.3 is 14.8 Å². The molecule has 0 saturated heterocycles. The molecule has 0 radical (unpaired) electrons. The highest BCUT2D eigenvalue weighted by Gasteiger charge is 2.16. The number of aliphatic hydroxyl groups is 1. The topological polar surface area (TPSA) is 75.4 Å². The molecular formula is C20H22N2O3S. The number of hydrogen-bond donors (Lipinski definition) is 2. The van der Waals surface area contributed by atoms with E-state index in [0.717, 1.165) is 10.4 Å². The van der Waals surface area contributed by atoms with Crippen molar-refractivity contribution in [1.82, 2.24) is 10.3 Å². The number of benzene rings is 1. The molecule has 1 aromatic carbocycles. The number of rotatable bonds is 8. The second kappa shape index (κ2) is 8.78. The van der Waals surface area contributed by atoms with Gasteiger partial charge in [0.25, 0.3) is 0 Å². The number of aliphatic hydroxyl groups excluding tert-OH is 1. The van der Waals surface area contributed by atoms with Gasteiger partial charge in [0.15, 0.2) is 11.7 Å². The maximum Gasteiger partial charge on any atom is 0.221 e. The first-order valence-corrected chi connectivity index (χ1v) is 9.49. The molecular weight excluding hydrogens is 348 g/mol. The van der Waals surface area contributed by atoms with Crippen molar-refractivity contribution in [3.05, 3.63) is 64.3 Å². The van der Waals surface area contributed by atoms with Crippen molar-refractivity contribution in [3.63, 3.8) is 0 Å². The Morgan fingerprint density at radius 1 is 1.31 bits per heavy atom. The van der Waals surface area contributed by atoms with Crippen molar-refractivity contribution in [3.8, 4) is 11.3 Å². The van der Waals surface area contributed by atoms with E-state index in [-0.39, 0.29) is 18.6 Å². The third-order valence-electron chi connectivity index (χ3n) is 4.10. The summed E-state index contributed by atoms with van der Waals surface area (Å²) in [6.45, 7) is 2.07. The average molecular weight is 370 g/mol. The van der Waals surface area contributed by atoms with Gasteiger partial charge in [0.1, 0.15) is 0 Å². The number of nitrogens with one attached hydrogen (secondary N) is 1. The van der Waals surface area contributed by atoms with E-state index in [4.69, 9.17) is 4.42 Å². The summed E-state index contributed by atoms with van der Waals surface area (Å²) in [6.07, 6.45) is 2.93. The van der Waals surface area contributed by atoms with Crippen LogP contribution in [0.5, 0.6) is 0 Å². The van der Waals surface area contributed by atoms with Crippen molar-refractivity contribution >= 4 is 17.2 Å². The van der Waals surface area contributed by atoms with Gasteiger partial charge in [-0.2, -0.15) is 0 Å². The molecule has 0 aliphatic carbocycles. The molecule has 2 N–H and O–H groups in total. The van der Waals surface area contributed by atoms with Gasteiger partial charge in [0.2, 0.25) is 5.91 Å². The van der Waals surface area contributed by atoms with E-state index in [1.54, 1.807) is 17.5 Å². The summed E-state index contributed by atoms with van der Waals surface area (Å²) in [5.74, 6) is 1.18. The Morgan fingerprint density at radius 3 is 2.81 bits per heavy atom. The fourth-order valence-electron chi connectivity index (χ4n) is 2.67. The number of carbonyl (C=O) groups is 1. The summed E-state index contributed by atoms with van der Waals surface area (Å²) in [5.41, 5.74) is 2.16. The Kier molecular flexibility index (Phi) is 6.20. The first-order valence-electron chi connectivity index (χ1n) is 8.61. The van der Waals surface area contributed by atoms with Crippen LogP contribution in [0.2, 0.25) is 0 Å². The molecule has 5 nitrogen and oxygen atoms in total. The van der Waals surface area contributed by atoms with Gasteiger partial charge in [-0.15, -0.1) is 11.3 Å². The van der Waals surface area contributed by atoms with E-state index in [9.17, 15) is 9.90 Å². The Morgan fingerprint density at radius 2 is 2.12 bits per heavy atom. The molecule has 6 heteroatoms. The first-order chi connectivity index (χ1) is 12.7. The summed E-state index contributed by atoms with van der Waals surface area (Å²) >= 11 is 1.57. The number of hydrogen-bond acceptors (Lipinski definition) is 5. The maximum absolute atomic E-state index is 12.3. The van der Waals surface area contributed by atoms with E-state index in [0.29, 0.717) is 30.9 Å². The molecule has 0 spiro atoms. The lowest BCUT2D eigenvalue weighted by Gasteiger charge is -2.16. The summed E-state index contributed by atoms with van der Waals surface area (Å²) in [7, 11) is 0. The van der Waals surface area contributed by atoms with Gasteiger partial charge >= 0.3 is 0 Å². The summed E-state index contributed by atoms with van der Waals surface area (Å²) < 4.78 is 5.76. The number of aromatic nitrogens is 1. The Labute approximate surface area is 156 Å². The number of amides is 1. The molecule has 0 unspecified atom stereocenters. The highest BCUT2D eigenvalue weighted by molar-refractivity contribution is 7.10. The van der Waals surface area contributed by atoms with Gasteiger partial charge in [-0.3, -0.25) is 4.79 Å². The van der Waals surface area contributed by atoms with Gasteiger partial charge in [0.05, 0.1) is 12.2 Å². The normalized spacial score (nSPS) is 12.1. The standard InChI is InChI=1S/C20H22N2O3S/c1-14-4-6-15(7-5-14)17-13-21-20(25-17)9-8-19(24)22-16(10-11-23)18-3-2-12-26-18/h2-7,12-13,16,23H,8-11H2,1H3,(H,22,24)/t16-/m1/s1. The van der Waals surface area contributed by atoms with Crippen LogP contribution in [0.25, 0.3) is 11.3 Å². The minimum Gasteiger partial charge on any atom is -0.441 e. The molecule has 1 atom stereocenters. The van der Waals surface area contributed by atoms with Crippen LogP contribution in [0.3, 0.4) is 0 Å². The third-order valence-corrected chi connectivity index (χ3v) is 5.08. The molecule has 1 amide bonds. The van der Waals surface area contributed by atoms with Crippen LogP contribution in [0.4, 0.5) is 0 Å². The molecule has 26 heavy (non-hydrogen) atoms. The minimum atomic E-state index is -0.153. The van der Waals surface area contributed by atoms with Crippen LogP contribution in [0, 0.1) is 6.92 Å². The smallest absolute Gasteiger partial charge is 0.221 e. The summed E-state index contributed by atoms with van der Waals surface area (Å²) in [4.78, 5) is 17.6. The van der Waals surface area contributed by atoms with Crippen molar-refractivity contribution in [2.45, 2.75) is 32.2 Å². The Hall–Kier alpha value is -2.44. The van der Waals surface area contributed by atoms with Crippen molar-refractivity contribution in [2.75, 3.05) is 6.61 Å². The van der Waals surface area contributed by atoms with Crippen molar-refractivity contribution in [2.24, 2.45) is 0 Å². The van der Waals surface area contributed by atoms with Gasteiger partial charge in [-0.1, -0.05) is 35.9 Å². The van der Waals surface area contributed by atoms with E-state index in [1.807, 2.05) is 48.7 Å². The van der Waals surface area contributed by atoms with Crippen LogP contribution < -0.4 is 5.32 Å². The van der Waals surface area contributed by atoms with Crippen LogP contribution in [0.15, 0.2) is 52.4 Å². The fraction of sp³-hybridized carbons (Fsp3) is 0.300. The zero-order valence-electron chi connectivity index (χ0n) is 14.6. The molecule has 3 rings (SSSR count). The molecule has 2 heterocycles. The summed E-state index contributed by atoms with van der Waals surface area (Å²) in [5, 5.41) is 14.2. The predicted octanol–water partition coefficient (Wildman–Crippen LogP) is 3.88. The number of thiophene rings is 1. The molecule has 0 saturated carbocycles. The fourth-order valence-corrected chi connectivity index (χ4v) is 3.48. The van der Waals surface area contributed by atoms with E-state index < -0.39 is 0 Å². The third kappa shape index (κ3) is 4.80. The van der Waals surface area contributed by atoms with E-state index in [1.165, 1.54) is 5.56 Å². The molecule has 2 aromatic heterocycles. The van der Waals surface area contributed by atoms with E-state index >= 15 is 0 Å². The Balaban J connectivity index is 1.55. The highest BCUT2D eigenvalue weighted by Crippen LogP contribution is 2.23. The van der Waals surface area contributed by atoms with Gasteiger partial charge in [-0.05, 0) is 24.8 Å². The SMILES string of the molecule is Cc1ccc(-c2cnc(CCC(=O)N[C@H](CCO)c3cccs3)o2)cc1. The van der Waals surface area contributed by atoms with Crippen molar-refractivity contribution in [1.29, 1.82) is 0 Å². The molecule has 3 aromatic rings. The van der Waals surface area contributed by atoms with E-state index in [2.05, 4.69) is 10.3 Å². The lowest BCUT2D eigenvalue weighted by atomic mass is 10.1. The number of aryl methyl sites for hydroxylation is 2. The highest BCUT2D eigenvalue weighted by atomic mass is 32.1. The second-order valence-electron chi connectivity index (χ2n) is 6.13. The van der Waals surface area contributed by atoms with Crippen LogP contribution in [-0.2, 0) is 11.2 Å².